The molecule has 0 amide bonds. The molecule has 45 heavy (non-hydrogen) atoms. The summed E-state index contributed by atoms with van der Waals surface area (Å²) < 4.78 is 43.9. The van der Waals surface area contributed by atoms with Gasteiger partial charge in [0.2, 0.25) is 6.29 Å². The number of hydrogen-bond acceptors (Lipinski definition) is 18. The zero-order valence-electron chi connectivity index (χ0n) is 25.6. The van der Waals surface area contributed by atoms with Crippen molar-refractivity contribution in [2.75, 3.05) is 19.8 Å². The second-order valence-corrected chi connectivity index (χ2v) is 13.0. The van der Waals surface area contributed by atoms with E-state index in [2.05, 4.69) is 0 Å². The minimum Gasteiger partial charge on any atom is -0.432 e. The summed E-state index contributed by atoms with van der Waals surface area (Å²) in [5.74, 6) is -0.689. The third-order valence-electron chi connectivity index (χ3n) is 8.24. The highest BCUT2D eigenvalue weighted by Crippen LogP contribution is 2.34. The highest BCUT2D eigenvalue weighted by Gasteiger charge is 2.55. The molecule has 0 radical (unpaired) electrons. The minimum atomic E-state index is -2.09. The van der Waals surface area contributed by atoms with Crippen LogP contribution in [0.1, 0.15) is 34.6 Å². The molecule has 18 heteroatoms. The van der Waals surface area contributed by atoms with Gasteiger partial charge in [0, 0.05) is 0 Å². The zero-order chi connectivity index (χ0) is 33.6. The molecular formula is C27H46O18. The summed E-state index contributed by atoms with van der Waals surface area (Å²) in [7, 11) is 0. The second kappa shape index (κ2) is 14.1. The second-order valence-electron chi connectivity index (χ2n) is 13.0. The van der Waals surface area contributed by atoms with Gasteiger partial charge in [-0.1, -0.05) is 0 Å². The number of rotatable bonds is 8. The molecule has 0 aliphatic carbocycles. The van der Waals surface area contributed by atoms with Crippen molar-refractivity contribution in [1.29, 1.82) is 0 Å². The molecule has 4 aliphatic heterocycles. The first-order chi connectivity index (χ1) is 20.9. The van der Waals surface area contributed by atoms with Gasteiger partial charge in [-0.05, 0) is 34.6 Å². The fraction of sp³-hybridized carbons (Fsp3) is 0.963. The van der Waals surface area contributed by atoms with E-state index in [1.54, 1.807) is 20.8 Å². The van der Waals surface area contributed by atoms with Crippen LogP contribution in [0.4, 0.5) is 0 Å². The first-order valence-electron chi connectivity index (χ1n) is 14.7. The van der Waals surface area contributed by atoms with Crippen LogP contribution in [0.3, 0.4) is 0 Å². The van der Waals surface area contributed by atoms with E-state index in [0.717, 1.165) is 0 Å². The number of aliphatic hydroxyl groups is 9. The van der Waals surface area contributed by atoms with Gasteiger partial charge in [-0.25, -0.2) is 0 Å². The van der Waals surface area contributed by atoms with E-state index < -0.39 is 129 Å². The standard InChI is InChI=1S/C27H46O18/c1-9-12(29)14(31)16(33)21(41-9)39-7-27(37)8-40-24(20(27)35)43-18-10(2)42-22(17(34)15(18)32)44-19-13(30)11(28)6-38-23(19)45-25(36)26(3,4)5/h9-24,28-35,37H,6-8H2,1-5H3/t9-,10-,11-,12-,13-,14+,15-,16+,17+,18-,19+,20-,21+,22-,23+,24-,27+/m0/s1. The van der Waals surface area contributed by atoms with Crippen molar-refractivity contribution in [3.8, 4) is 0 Å². The Bertz CT molecular complexity index is 995. The van der Waals surface area contributed by atoms with E-state index in [1.165, 1.54) is 13.8 Å². The van der Waals surface area contributed by atoms with Crippen LogP contribution < -0.4 is 0 Å². The Labute approximate surface area is 258 Å². The smallest absolute Gasteiger partial charge is 0.313 e. The van der Waals surface area contributed by atoms with Crippen molar-refractivity contribution in [2.45, 2.75) is 139 Å². The molecule has 0 spiro atoms. The Morgan fingerprint density at radius 1 is 0.733 bits per heavy atom. The van der Waals surface area contributed by atoms with Crippen LogP contribution in [0.2, 0.25) is 0 Å². The van der Waals surface area contributed by atoms with E-state index in [-0.39, 0.29) is 6.61 Å². The van der Waals surface area contributed by atoms with Crippen LogP contribution in [0.25, 0.3) is 0 Å². The molecule has 17 atom stereocenters. The first-order valence-corrected chi connectivity index (χ1v) is 14.7. The molecule has 0 saturated carbocycles. The van der Waals surface area contributed by atoms with Gasteiger partial charge in [0.1, 0.15) is 60.5 Å². The minimum absolute atomic E-state index is 0.369. The number of esters is 1. The van der Waals surface area contributed by atoms with Crippen LogP contribution in [-0.4, -0.2) is 176 Å². The van der Waals surface area contributed by atoms with Crippen LogP contribution >= 0.6 is 0 Å². The molecular weight excluding hydrogens is 612 g/mol. The highest BCUT2D eigenvalue weighted by molar-refractivity contribution is 5.75. The lowest BCUT2D eigenvalue weighted by atomic mass is 9.97. The van der Waals surface area contributed by atoms with Gasteiger partial charge < -0.3 is 83.9 Å². The Morgan fingerprint density at radius 3 is 1.98 bits per heavy atom. The molecule has 0 aromatic heterocycles. The van der Waals surface area contributed by atoms with Gasteiger partial charge in [0.05, 0.1) is 37.4 Å². The highest BCUT2D eigenvalue weighted by atomic mass is 16.8. The molecule has 4 aliphatic rings. The largest absolute Gasteiger partial charge is 0.432 e. The monoisotopic (exact) mass is 658 g/mol. The molecule has 0 aromatic rings. The van der Waals surface area contributed by atoms with Gasteiger partial charge in [-0.3, -0.25) is 4.79 Å². The molecule has 4 heterocycles. The topological polar surface area (TPSA) is 273 Å². The third-order valence-corrected chi connectivity index (χ3v) is 8.24. The van der Waals surface area contributed by atoms with Gasteiger partial charge in [0.25, 0.3) is 0 Å². The number of aliphatic hydroxyl groups excluding tert-OH is 8. The normalized spacial score (nSPS) is 49.6. The fourth-order valence-corrected chi connectivity index (χ4v) is 5.19. The van der Waals surface area contributed by atoms with Gasteiger partial charge >= 0.3 is 5.97 Å². The lowest BCUT2D eigenvalue weighted by Crippen LogP contribution is -2.63. The Kier molecular flexibility index (Phi) is 11.5. The molecule has 0 aromatic carbocycles. The maximum absolute atomic E-state index is 12.4. The van der Waals surface area contributed by atoms with Crippen LogP contribution in [0.5, 0.6) is 0 Å². The Balaban J connectivity index is 1.36. The van der Waals surface area contributed by atoms with Gasteiger partial charge in [0.15, 0.2) is 25.0 Å². The molecule has 0 unspecified atom stereocenters. The van der Waals surface area contributed by atoms with Crippen molar-refractivity contribution in [3.63, 3.8) is 0 Å². The van der Waals surface area contributed by atoms with E-state index in [4.69, 9.17) is 37.9 Å². The summed E-state index contributed by atoms with van der Waals surface area (Å²) in [6.45, 7) is 6.13. The lowest BCUT2D eigenvalue weighted by Gasteiger charge is -2.45. The number of hydrogen-bond donors (Lipinski definition) is 9. The Morgan fingerprint density at radius 2 is 1.33 bits per heavy atom. The van der Waals surface area contributed by atoms with E-state index in [1.807, 2.05) is 0 Å². The summed E-state index contributed by atoms with van der Waals surface area (Å²) in [5.41, 5.74) is -3.03. The first kappa shape index (κ1) is 36.7. The predicted octanol–water partition coefficient (Wildman–Crippen LogP) is -4.82. The van der Waals surface area contributed by atoms with Crippen LogP contribution in [0.15, 0.2) is 0 Å². The SMILES string of the molecule is C[C@@H]1O[C@@H](OC[C@@]2(O)CO[C@@H](O[C@@H]3[C@@H](O)[C@@H](O)[C@H](O[C@H]4[C@@H](OC(=O)C(C)(C)C)OC[C@H](O)[C@@H]4O)O[C@H]3C)[C@@H]2O)[C@H](O)[C@H](O)[C@H]1O. The number of carbonyl (C=O) groups is 1. The van der Waals surface area contributed by atoms with Crippen LogP contribution in [0, 0.1) is 5.41 Å². The van der Waals surface area contributed by atoms with Crippen molar-refractivity contribution in [2.24, 2.45) is 5.41 Å². The molecule has 4 saturated heterocycles. The molecule has 9 N–H and O–H groups in total. The van der Waals surface area contributed by atoms with Crippen molar-refractivity contribution in [1.82, 2.24) is 0 Å². The third kappa shape index (κ3) is 7.78. The summed E-state index contributed by atoms with van der Waals surface area (Å²) in [5, 5.41) is 94.2. The fourth-order valence-electron chi connectivity index (χ4n) is 5.19. The maximum Gasteiger partial charge on any atom is 0.313 e. The average Bonchev–Trinajstić information content (AvgIpc) is 3.25. The van der Waals surface area contributed by atoms with E-state index in [0.29, 0.717) is 0 Å². The van der Waals surface area contributed by atoms with Crippen molar-refractivity contribution in [3.05, 3.63) is 0 Å². The van der Waals surface area contributed by atoms with Crippen molar-refractivity contribution < 1.29 is 88.6 Å². The molecule has 0 bridgehead atoms. The van der Waals surface area contributed by atoms with E-state index >= 15 is 0 Å². The number of ether oxygens (including phenoxy) is 8. The van der Waals surface area contributed by atoms with Gasteiger partial charge in [-0.15, -0.1) is 0 Å². The summed E-state index contributed by atoms with van der Waals surface area (Å²) in [6.07, 6.45) is -23.9. The lowest BCUT2D eigenvalue weighted by molar-refractivity contribution is -0.360. The molecule has 18 nitrogen and oxygen atoms in total. The quantitative estimate of drug-likeness (QED) is 0.111. The summed E-state index contributed by atoms with van der Waals surface area (Å²) >= 11 is 0. The molecule has 4 fully saturated rings. The van der Waals surface area contributed by atoms with Crippen molar-refractivity contribution >= 4 is 5.97 Å². The average molecular weight is 659 g/mol. The van der Waals surface area contributed by atoms with E-state index in [9.17, 15) is 50.8 Å². The maximum atomic E-state index is 12.4. The Hall–Kier alpha value is -1.17. The van der Waals surface area contributed by atoms with Gasteiger partial charge in [-0.2, -0.15) is 0 Å². The summed E-state index contributed by atoms with van der Waals surface area (Å²) in [4.78, 5) is 12.4. The molecule has 262 valence electrons. The zero-order valence-corrected chi connectivity index (χ0v) is 25.6. The predicted molar refractivity (Wildman–Crippen MR) is 142 cm³/mol. The number of carbonyl (C=O) groups excluding carboxylic acids is 1. The summed E-state index contributed by atoms with van der Waals surface area (Å²) in [6, 6.07) is 0. The van der Waals surface area contributed by atoms with Crippen LogP contribution in [-0.2, 0) is 42.7 Å². The molecule has 4 rings (SSSR count).